The molecule has 1 rings (SSSR count). The third-order valence-electron chi connectivity index (χ3n) is 2.86. The molecule has 0 radical (unpaired) electrons. The number of likely N-dealkylation sites (N-methyl/N-ethyl adjacent to an activating group) is 1. The third kappa shape index (κ3) is 5.64. The highest BCUT2D eigenvalue weighted by Gasteiger charge is 2.04. The van der Waals surface area contributed by atoms with Crippen LogP contribution in [0, 0.1) is 0 Å². The van der Waals surface area contributed by atoms with E-state index in [0.29, 0.717) is 6.04 Å². The van der Waals surface area contributed by atoms with Gasteiger partial charge >= 0.3 is 0 Å². The van der Waals surface area contributed by atoms with Crippen molar-refractivity contribution < 1.29 is 0 Å². The van der Waals surface area contributed by atoms with Gasteiger partial charge in [0.1, 0.15) is 0 Å². The van der Waals surface area contributed by atoms with E-state index in [1.54, 1.807) is 0 Å². The molecule has 1 heterocycles. The van der Waals surface area contributed by atoms with Gasteiger partial charge in [-0.1, -0.05) is 19.4 Å². The normalized spacial score (nSPS) is 13.2. The highest BCUT2D eigenvalue weighted by molar-refractivity contribution is 7.09. The molecule has 0 amide bonds. The van der Waals surface area contributed by atoms with Crippen molar-refractivity contribution in [2.45, 2.75) is 38.6 Å². The largest absolute Gasteiger partial charge is 0.328 e. The summed E-state index contributed by atoms with van der Waals surface area (Å²) in [5.41, 5.74) is 6.00. The fraction of sp³-hybridized carbons (Fsp3) is 0.692. The predicted octanol–water partition coefficient (Wildman–Crippen LogP) is 2.74. The molecule has 1 atom stereocenters. The molecule has 2 nitrogen and oxygen atoms in total. The Balaban J connectivity index is 2.09. The Kier molecular flexibility index (Phi) is 6.69. The van der Waals surface area contributed by atoms with Crippen LogP contribution in [0.2, 0.25) is 0 Å². The Morgan fingerprint density at radius 3 is 2.81 bits per heavy atom. The van der Waals surface area contributed by atoms with Crippen molar-refractivity contribution in [3.8, 4) is 0 Å². The first-order chi connectivity index (χ1) is 7.72. The summed E-state index contributed by atoms with van der Waals surface area (Å²) in [4.78, 5) is 3.86. The molecule has 0 spiro atoms. The SMILES string of the molecule is CCCC(N)CCN(C)CCc1cccs1. The van der Waals surface area contributed by atoms with Crippen molar-refractivity contribution in [3.63, 3.8) is 0 Å². The van der Waals surface area contributed by atoms with Gasteiger partial charge in [0.25, 0.3) is 0 Å². The molecule has 92 valence electrons. The van der Waals surface area contributed by atoms with Crippen molar-refractivity contribution >= 4 is 11.3 Å². The molecule has 1 aromatic heterocycles. The lowest BCUT2D eigenvalue weighted by Gasteiger charge is -2.18. The minimum absolute atomic E-state index is 0.384. The summed E-state index contributed by atoms with van der Waals surface area (Å²) in [6.45, 7) is 4.45. The van der Waals surface area contributed by atoms with E-state index in [9.17, 15) is 0 Å². The molecule has 3 heteroatoms. The summed E-state index contributed by atoms with van der Waals surface area (Å²) in [7, 11) is 2.19. The minimum Gasteiger partial charge on any atom is -0.328 e. The maximum atomic E-state index is 6.00. The van der Waals surface area contributed by atoms with Gasteiger partial charge in [-0.15, -0.1) is 11.3 Å². The van der Waals surface area contributed by atoms with Crippen molar-refractivity contribution in [2.24, 2.45) is 5.73 Å². The Morgan fingerprint density at radius 1 is 1.38 bits per heavy atom. The number of hydrogen-bond donors (Lipinski definition) is 1. The van der Waals surface area contributed by atoms with Gasteiger partial charge in [-0.25, -0.2) is 0 Å². The standard InChI is InChI=1S/C13H24N2S/c1-3-5-12(14)7-9-15(2)10-8-13-6-4-11-16-13/h4,6,11-12H,3,5,7-10,14H2,1-2H3. The molecule has 2 N–H and O–H groups in total. The van der Waals surface area contributed by atoms with Crippen LogP contribution in [0.5, 0.6) is 0 Å². The highest BCUT2D eigenvalue weighted by Crippen LogP contribution is 2.09. The molecule has 1 aromatic rings. The smallest absolute Gasteiger partial charge is 0.00579 e. The number of thiophene rings is 1. The number of rotatable bonds is 8. The Labute approximate surface area is 103 Å². The van der Waals surface area contributed by atoms with Gasteiger partial charge in [-0.2, -0.15) is 0 Å². The topological polar surface area (TPSA) is 29.3 Å². The lowest BCUT2D eigenvalue weighted by Crippen LogP contribution is -2.29. The van der Waals surface area contributed by atoms with Crippen LogP contribution in [-0.2, 0) is 6.42 Å². The monoisotopic (exact) mass is 240 g/mol. The highest BCUT2D eigenvalue weighted by atomic mass is 32.1. The van der Waals surface area contributed by atoms with Crippen LogP contribution in [0.25, 0.3) is 0 Å². The fourth-order valence-electron chi connectivity index (χ4n) is 1.77. The van der Waals surface area contributed by atoms with Crippen LogP contribution in [0.1, 0.15) is 31.1 Å². The van der Waals surface area contributed by atoms with E-state index >= 15 is 0 Å². The van der Waals surface area contributed by atoms with E-state index in [2.05, 4.69) is 36.4 Å². The zero-order valence-corrected chi connectivity index (χ0v) is 11.3. The first-order valence-corrected chi connectivity index (χ1v) is 7.06. The van der Waals surface area contributed by atoms with Gasteiger partial charge in [-0.05, 0) is 44.3 Å². The van der Waals surface area contributed by atoms with Crippen LogP contribution in [0.3, 0.4) is 0 Å². The van der Waals surface area contributed by atoms with Gasteiger partial charge < -0.3 is 10.6 Å². The average Bonchev–Trinajstić information content (AvgIpc) is 2.77. The van der Waals surface area contributed by atoms with Gasteiger partial charge in [-0.3, -0.25) is 0 Å². The Bertz CT molecular complexity index is 259. The van der Waals surface area contributed by atoms with E-state index in [1.165, 1.54) is 11.3 Å². The average molecular weight is 240 g/mol. The Morgan fingerprint density at radius 2 is 2.19 bits per heavy atom. The first-order valence-electron chi connectivity index (χ1n) is 6.19. The van der Waals surface area contributed by atoms with Gasteiger partial charge in [0.2, 0.25) is 0 Å². The van der Waals surface area contributed by atoms with Crippen molar-refractivity contribution in [1.82, 2.24) is 4.90 Å². The second-order valence-corrected chi connectivity index (χ2v) is 5.50. The van der Waals surface area contributed by atoms with Crippen LogP contribution in [0.4, 0.5) is 0 Å². The lowest BCUT2D eigenvalue weighted by atomic mass is 10.1. The zero-order valence-electron chi connectivity index (χ0n) is 10.5. The number of nitrogens with zero attached hydrogens (tertiary/aromatic N) is 1. The molecule has 0 aliphatic heterocycles. The molecule has 0 aliphatic carbocycles. The van der Waals surface area contributed by atoms with Crippen LogP contribution in [0.15, 0.2) is 17.5 Å². The molecule has 0 bridgehead atoms. The van der Waals surface area contributed by atoms with Crippen LogP contribution >= 0.6 is 11.3 Å². The summed E-state index contributed by atoms with van der Waals surface area (Å²) in [6, 6.07) is 4.72. The number of nitrogens with two attached hydrogens (primary N) is 1. The van der Waals surface area contributed by atoms with E-state index in [4.69, 9.17) is 5.73 Å². The van der Waals surface area contributed by atoms with Gasteiger partial charge in [0.05, 0.1) is 0 Å². The van der Waals surface area contributed by atoms with Crippen molar-refractivity contribution in [2.75, 3.05) is 20.1 Å². The van der Waals surface area contributed by atoms with E-state index in [-0.39, 0.29) is 0 Å². The molecular weight excluding hydrogens is 216 g/mol. The molecule has 0 fully saturated rings. The molecule has 0 aliphatic rings. The maximum Gasteiger partial charge on any atom is 0.00579 e. The molecular formula is C13H24N2S. The van der Waals surface area contributed by atoms with Crippen molar-refractivity contribution in [1.29, 1.82) is 0 Å². The summed E-state index contributed by atoms with van der Waals surface area (Å²) in [6.07, 6.45) is 4.63. The molecule has 16 heavy (non-hydrogen) atoms. The van der Waals surface area contributed by atoms with Crippen LogP contribution < -0.4 is 5.73 Å². The quantitative estimate of drug-likeness (QED) is 0.757. The molecule has 0 saturated carbocycles. The molecule has 0 aromatic carbocycles. The van der Waals surface area contributed by atoms with E-state index in [1.807, 2.05) is 11.3 Å². The minimum atomic E-state index is 0.384. The Hall–Kier alpha value is -0.380. The zero-order chi connectivity index (χ0) is 11.8. The third-order valence-corrected chi connectivity index (χ3v) is 3.80. The summed E-state index contributed by atoms with van der Waals surface area (Å²) in [5.74, 6) is 0. The lowest BCUT2D eigenvalue weighted by molar-refractivity contribution is 0.319. The summed E-state index contributed by atoms with van der Waals surface area (Å²) in [5, 5.41) is 2.15. The van der Waals surface area contributed by atoms with Crippen molar-refractivity contribution in [3.05, 3.63) is 22.4 Å². The summed E-state index contributed by atoms with van der Waals surface area (Å²) < 4.78 is 0. The molecule has 0 saturated heterocycles. The number of hydrogen-bond acceptors (Lipinski definition) is 3. The van der Waals surface area contributed by atoms with Gasteiger partial charge in [0, 0.05) is 17.5 Å². The van der Waals surface area contributed by atoms with Crippen LogP contribution in [-0.4, -0.2) is 31.1 Å². The predicted molar refractivity (Wildman–Crippen MR) is 73.0 cm³/mol. The van der Waals surface area contributed by atoms with E-state index < -0.39 is 0 Å². The van der Waals surface area contributed by atoms with E-state index in [0.717, 1.165) is 32.4 Å². The second kappa shape index (κ2) is 7.82. The summed E-state index contributed by atoms with van der Waals surface area (Å²) >= 11 is 1.85. The second-order valence-electron chi connectivity index (χ2n) is 4.47. The maximum absolute atomic E-state index is 6.00. The first kappa shape index (κ1) is 13.7. The molecule has 1 unspecified atom stereocenters. The fourth-order valence-corrected chi connectivity index (χ4v) is 2.47. The van der Waals surface area contributed by atoms with Gasteiger partial charge in [0.15, 0.2) is 0 Å².